The SMILES string of the molecule is Cc1ccc2nc(-c3ccc(C)c(C)c3)cc(C(=O)NC(Cc3ccccc3)c3ccccc3)c2c1. The molecule has 0 radical (unpaired) electrons. The van der Waals surface area contributed by atoms with Crippen LogP contribution in [0.2, 0.25) is 0 Å². The van der Waals surface area contributed by atoms with Gasteiger partial charge in [-0.1, -0.05) is 84.4 Å². The molecule has 0 spiro atoms. The highest BCUT2D eigenvalue weighted by molar-refractivity contribution is 6.07. The Hall–Kier alpha value is -4.24. The van der Waals surface area contributed by atoms with Gasteiger partial charge in [-0.15, -0.1) is 0 Å². The normalized spacial score (nSPS) is 11.9. The maximum Gasteiger partial charge on any atom is 0.252 e. The van der Waals surface area contributed by atoms with E-state index in [9.17, 15) is 4.79 Å². The molecule has 0 bridgehead atoms. The van der Waals surface area contributed by atoms with Crippen molar-refractivity contribution in [3.63, 3.8) is 0 Å². The minimum absolute atomic E-state index is 0.0946. The van der Waals surface area contributed by atoms with Crippen LogP contribution >= 0.6 is 0 Å². The molecule has 3 heteroatoms. The molecule has 5 rings (SSSR count). The van der Waals surface area contributed by atoms with Crippen LogP contribution in [0.25, 0.3) is 22.2 Å². The van der Waals surface area contributed by atoms with E-state index in [2.05, 4.69) is 67.7 Å². The Balaban J connectivity index is 1.57. The molecule has 3 nitrogen and oxygen atoms in total. The lowest BCUT2D eigenvalue weighted by atomic mass is 9.97. The van der Waals surface area contributed by atoms with E-state index in [-0.39, 0.29) is 11.9 Å². The van der Waals surface area contributed by atoms with Crippen LogP contribution in [0.15, 0.2) is 103 Å². The Morgan fingerprint density at radius 1 is 0.778 bits per heavy atom. The molecule has 0 aliphatic rings. The first-order valence-electron chi connectivity index (χ1n) is 12.4. The lowest BCUT2D eigenvalue weighted by Crippen LogP contribution is -2.30. The van der Waals surface area contributed by atoms with Crippen molar-refractivity contribution in [1.82, 2.24) is 10.3 Å². The summed E-state index contributed by atoms with van der Waals surface area (Å²) in [6, 6.07) is 34.7. The second-order valence-corrected chi connectivity index (χ2v) is 9.50. The summed E-state index contributed by atoms with van der Waals surface area (Å²) in [6.07, 6.45) is 0.711. The number of nitrogens with zero attached hydrogens (tertiary/aromatic N) is 1. The van der Waals surface area contributed by atoms with Gasteiger partial charge in [-0.25, -0.2) is 4.98 Å². The van der Waals surface area contributed by atoms with Gasteiger partial charge in [0.15, 0.2) is 0 Å². The van der Waals surface area contributed by atoms with Gasteiger partial charge in [-0.05, 0) is 73.7 Å². The van der Waals surface area contributed by atoms with Gasteiger partial charge in [-0.2, -0.15) is 0 Å². The quantitative estimate of drug-likeness (QED) is 0.278. The Bertz CT molecular complexity index is 1520. The third-order valence-corrected chi connectivity index (χ3v) is 6.80. The van der Waals surface area contributed by atoms with E-state index in [0.29, 0.717) is 12.0 Å². The maximum atomic E-state index is 13.9. The number of aromatic nitrogens is 1. The van der Waals surface area contributed by atoms with Gasteiger partial charge in [0.05, 0.1) is 22.8 Å². The van der Waals surface area contributed by atoms with Crippen molar-refractivity contribution in [1.29, 1.82) is 0 Å². The Morgan fingerprint density at radius 3 is 2.22 bits per heavy atom. The summed E-state index contributed by atoms with van der Waals surface area (Å²) >= 11 is 0. The van der Waals surface area contributed by atoms with Gasteiger partial charge in [0.25, 0.3) is 5.91 Å². The van der Waals surface area contributed by atoms with Crippen molar-refractivity contribution in [2.75, 3.05) is 0 Å². The predicted octanol–water partition coefficient (Wildman–Crippen LogP) is 7.54. The van der Waals surface area contributed by atoms with Crippen LogP contribution in [-0.2, 0) is 6.42 Å². The first-order chi connectivity index (χ1) is 17.5. The first-order valence-corrected chi connectivity index (χ1v) is 12.4. The molecule has 1 amide bonds. The molecule has 0 saturated heterocycles. The van der Waals surface area contributed by atoms with Gasteiger partial charge >= 0.3 is 0 Å². The summed E-state index contributed by atoms with van der Waals surface area (Å²) in [5.41, 5.74) is 9.08. The number of nitrogens with one attached hydrogen (secondary N) is 1. The summed E-state index contributed by atoms with van der Waals surface area (Å²) in [5, 5.41) is 4.21. The van der Waals surface area contributed by atoms with E-state index in [0.717, 1.165) is 33.3 Å². The Morgan fingerprint density at radius 2 is 1.50 bits per heavy atom. The third kappa shape index (κ3) is 5.06. The van der Waals surface area contributed by atoms with Crippen molar-refractivity contribution < 1.29 is 4.79 Å². The average molecular weight is 471 g/mol. The van der Waals surface area contributed by atoms with E-state index in [4.69, 9.17) is 4.98 Å². The summed E-state index contributed by atoms with van der Waals surface area (Å²) in [6.45, 7) is 6.25. The molecule has 0 fully saturated rings. The number of carbonyl (C=O) groups excluding carboxylic acids is 1. The molecule has 0 aliphatic carbocycles. The number of amides is 1. The zero-order chi connectivity index (χ0) is 25.1. The van der Waals surface area contributed by atoms with Crippen LogP contribution in [-0.4, -0.2) is 10.9 Å². The first kappa shape index (κ1) is 23.5. The number of hydrogen-bond acceptors (Lipinski definition) is 2. The van der Waals surface area contributed by atoms with E-state index >= 15 is 0 Å². The predicted molar refractivity (Wildman–Crippen MR) is 148 cm³/mol. The lowest BCUT2D eigenvalue weighted by Gasteiger charge is -2.21. The fraction of sp³-hybridized carbons (Fsp3) is 0.152. The molecule has 5 aromatic rings. The second-order valence-electron chi connectivity index (χ2n) is 9.50. The maximum absolute atomic E-state index is 13.9. The molecular weight excluding hydrogens is 440 g/mol. The van der Waals surface area contributed by atoms with E-state index in [1.807, 2.05) is 61.5 Å². The molecule has 0 saturated carbocycles. The summed E-state index contributed by atoms with van der Waals surface area (Å²) in [4.78, 5) is 18.8. The largest absolute Gasteiger partial charge is 0.345 e. The minimum atomic E-state index is -0.154. The van der Waals surface area contributed by atoms with Crippen LogP contribution in [0.3, 0.4) is 0 Å². The highest BCUT2D eigenvalue weighted by Crippen LogP contribution is 2.28. The molecule has 1 aromatic heterocycles. The van der Waals surface area contributed by atoms with Crippen molar-refractivity contribution in [3.8, 4) is 11.3 Å². The molecule has 36 heavy (non-hydrogen) atoms. The van der Waals surface area contributed by atoms with E-state index < -0.39 is 0 Å². The zero-order valence-corrected chi connectivity index (χ0v) is 21.0. The number of pyridine rings is 1. The highest BCUT2D eigenvalue weighted by atomic mass is 16.1. The fourth-order valence-electron chi connectivity index (χ4n) is 4.60. The van der Waals surface area contributed by atoms with Gasteiger partial charge in [0.2, 0.25) is 0 Å². The minimum Gasteiger partial charge on any atom is -0.345 e. The van der Waals surface area contributed by atoms with Gasteiger partial charge < -0.3 is 5.32 Å². The number of rotatable bonds is 6. The molecule has 178 valence electrons. The summed E-state index contributed by atoms with van der Waals surface area (Å²) < 4.78 is 0. The van der Waals surface area contributed by atoms with Gasteiger partial charge in [-0.3, -0.25) is 4.79 Å². The van der Waals surface area contributed by atoms with Crippen molar-refractivity contribution in [2.45, 2.75) is 33.2 Å². The van der Waals surface area contributed by atoms with Crippen molar-refractivity contribution in [2.24, 2.45) is 0 Å². The molecule has 1 unspecified atom stereocenters. The number of carbonyl (C=O) groups is 1. The summed E-state index contributed by atoms with van der Waals surface area (Å²) in [5.74, 6) is -0.0946. The monoisotopic (exact) mass is 470 g/mol. The van der Waals surface area contributed by atoms with E-state index in [1.165, 1.54) is 16.7 Å². The standard InChI is InChI=1S/C33H30N2O/c1-22-14-17-30-28(18-22)29(21-32(34-30)27-16-15-23(2)24(3)19-27)33(36)35-31(26-12-8-5-9-13-26)20-25-10-6-4-7-11-25/h4-19,21,31H,20H2,1-3H3,(H,35,36). The van der Waals surface area contributed by atoms with Gasteiger partial charge in [0, 0.05) is 10.9 Å². The number of benzene rings is 4. The average Bonchev–Trinajstić information content (AvgIpc) is 2.90. The van der Waals surface area contributed by atoms with Crippen LogP contribution in [0, 0.1) is 20.8 Å². The van der Waals surface area contributed by atoms with Crippen molar-refractivity contribution >= 4 is 16.8 Å². The smallest absolute Gasteiger partial charge is 0.252 e. The summed E-state index contributed by atoms with van der Waals surface area (Å²) in [7, 11) is 0. The number of aryl methyl sites for hydroxylation is 3. The molecule has 1 atom stereocenters. The zero-order valence-electron chi connectivity index (χ0n) is 21.0. The van der Waals surface area contributed by atoms with E-state index in [1.54, 1.807) is 0 Å². The van der Waals surface area contributed by atoms with Crippen LogP contribution in [0.4, 0.5) is 0 Å². The third-order valence-electron chi connectivity index (χ3n) is 6.80. The topological polar surface area (TPSA) is 42.0 Å². The molecule has 1 N–H and O–H groups in total. The molecule has 1 heterocycles. The highest BCUT2D eigenvalue weighted by Gasteiger charge is 2.20. The molecule has 0 aliphatic heterocycles. The van der Waals surface area contributed by atoms with Crippen molar-refractivity contribution in [3.05, 3.63) is 137 Å². The Labute approximate surface area is 212 Å². The second kappa shape index (κ2) is 10.2. The van der Waals surface area contributed by atoms with Crippen LogP contribution in [0.1, 0.15) is 44.2 Å². The lowest BCUT2D eigenvalue weighted by molar-refractivity contribution is 0.0938. The molecule has 4 aromatic carbocycles. The van der Waals surface area contributed by atoms with Crippen LogP contribution in [0.5, 0.6) is 0 Å². The Kier molecular flexibility index (Phi) is 6.64. The van der Waals surface area contributed by atoms with Gasteiger partial charge in [0.1, 0.15) is 0 Å². The number of fused-ring (bicyclic) bond motifs is 1. The number of hydrogen-bond donors (Lipinski definition) is 1. The molecular formula is C33H30N2O. The fourth-order valence-corrected chi connectivity index (χ4v) is 4.60. The van der Waals surface area contributed by atoms with Crippen LogP contribution < -0.4 is 5.32 Å².